The standard InChI is InChI=1S/C18H12BrNO2/c1-20-18(21)16-10-15(11-6-8-12(19)9-7-11)13-4-2-3-5-14(13)17(16)22-20/h2-10H,1H3. The highest BCUT2D eigenvalue weighted by atomic mass is 79.9. The lowest BCUT2D eigenvalue weighted by Gasteiger charge is -2.07. The van der Waals surface area contributed by atoms with Crippen LogP contribution in [0, 0.1) is 0 Å². The van der Waals surface area contributed by atoms with Gasteiger partial charge < -0.3 is 4.52 Å². The fourth-order valence-electron chi connectivity index (χ4n) is 2.82. The molecule has 3 nitrogen and oxygen atoms in total. The molecule has 3 aromatic carbocycles. The number of nitrogens with zero attached hydrogens (tertiary/aromatic N) is 1. The Morgan fingerprint density at radius 2 is 1.64 bits per heavy atom. The molecule has 0 fully saturated rings. The summed E-state index contributed by atoms with van der Waals surface area (Å²) >= 11 is 3.45. The molecule has 0 amide bonds. The normalized spacial score (nSPS) is 11.4. The SMILES string of the molecule is Cn1oc2c(cc(-c3ccc(Br)cc3)c3ccccc32)c1=O. The topological polar surface area (TPSA) is 35.1 Å². The summed E-state index contributed by atoms with van der Waals surface area (Å²) in [6.07, 6.45) is 0. The fraction of sp³-hybridized carbons (Fsp3) is 0.0556. The number of halogens is 1. The van der Waals surface area contributed by atoms with E-state index in [4.69, 9.17) is 4.52 Å². The van der Waals surface area contributed by atoms with Crippen molar-refractivity contribution in [3.63, 3.8) is 0 Å². The summed E-state index contributed by atoms with van der Waals surface area (Å²) in [5.74, 6) is 0. The second-order valence-electron chi connectivity index (χ2n) is 5.25. The van der Waals surface area contributed by atoms with Crippen molar-refractivity contribution in [3.05, 3.63) is 69.4 Å². The largest absolute Gasteiger partial charge is 0.375 e. The third-order valence-corrected chi connectivity index (χ3v) is 4.42. The number of aromatic nitrogens is 1. The van der Waals surface area contributed by atoms with Crippen molar-refractivity contribution in [2.24, 2.45) is 7.05 Å². The first-order valence-electron chi connectivity index (χ1n) is 6.93. The molecule has 0 radical (unpaired) electrons. The zero-order chi connectivity index (χ0) is 15.3. The van der Waals surface area contributed by atoms with Crippen LogP contribution in [0.4, 0.5) is 0 Å². The first-order chi connectivity index (χ1) is 10.6. The summed E-state index contributed by atoms with van der Waals surface area (Å²) in [7, 11) is 1.64. The Hall–Kier alpha value is -2.33. The van der Waals surface area contributed by atoms with Gasteiger partial charge in [-0.15, -0.1) is 0 Å². The van der Waals surface area contributed by atoms with Gasteiger partial charge in [-0.05, 0) is 34.7 Å². The maximum absolute atomic E-state index is 12.3. The molecular weight excluding hydrogens is 342 g/mol. The average molecular weight is 354 g/mol. The van der Waals surface area contributed by atoms with Crippen LogP contribution in [0.5, 0.6) is 0 Å². The van der Waals surface area contributed by atoms with E-state index < -0.39 is 0 Å². The fourth-order valence-corrected chi connectivity index (χ4v) is 3.09. The van der Waals surface area contributed by atoms with Crippen molar-refractivity contribution >= 4 is 37.7 Å². The number of rotatable bonds is 1. The summed E-state index contributed by atoms with van der Waals surface area (Å²) in [6.45, 7) is 0. The Labute approximate surface area is 134 Å². The highest BCUT2D eigenvalue weighted by molar-refractivity contribution is 9.10. The summed E-state index contributed by atoms with van der Waals surface area (Å²) < 4.78 is 7.93. The van der Waals surface area contributed by atoms with Crippen LogP contribution in [-0.2, 0) is 7.05 Å². The number of aryl methyl sites for hydroxylation is 1. The maximum Gasteiger partial charge on any atom is 0.290 e. The molecule has 0 saturated carbocycles. The Kier molecular flexibility index (Phi) is 2.94. The Morgan fingerprint density at radius 1 is 0.955 bits per heavy atom. The predicted octanol–water partition coefficient (Wildman–Crippen LogP) is 4.71. The Balaban J connectivity index is 2.18. The quantitative estimate of drug-likeness (QED) is 0.496. The van der Waals surface area contributed by atoms with Gasteiger partial charge in [0.15, 0.2) is 5.58 Å². The third kappa shape index (κ3) is 1.91. The van der Waals surface area contributed by atoms with Gasteiger partial charge >= 0.3 is 0 Å². The van der Waals surface area contributed by atoms with Crippen LogP contribution >= 0.6 is 15.9 Å². The molecule has 4 heteroatoms. The van der Waals surface area contributed by atoms with Crippen LogP contribution in [0.1, 0.15) is 0 Å². The summed E-state index contributed by atoms with van der Waals surface area (Å²) in [6, 6.07) is 18.0. The van der Waals surface area contributed by atoms with Crippen molar-refractivity contribution in [1.82, 2.24) is 4.74 Å². The molecule has 0 unspecified atom stereocenters. The molecule has 0 bridgehead atoms. The lowest BCUT2D eigenvalue weighted by atomic mass is 9.96. The lowest BCUT2D eigenvalue weighted by Crippen LogP contribution is -2.08. The van der Waals surface area contributed by atoms with Crippen molar-refractivity contribution in [1.29, 1.82) is 0 Å². The van der Waals surface area contributed by atoms with E-state index in [2.05, 4.69) is 22.0 Å². The van der Waals surface area contributed by atoms with Crippen molar-refractivity contribution in [2.45, 2.75) is 0 Å². The van der Waals surface area contributed by atoms with Crippen molar-refractivity contribution in [2.75, 3.05) is 0 Å². The van der Waals surface area contributed by atoms with Gasteiger partial charge in [-0.2, -0.15) is 4.74 Å². The van der Waals surface area contributed by atoms with E-state index >= 15 is 0 Å². The molecule has 4 aromatic rings. The number of hydrogen-bond acceptors (Lipinski definition) is 2. The van der Waals surface area contributed by atoms with Crippen molar-refractivity contribution in [3.8, 4) is 11.1 Å². The first kappa shape index (κ1) is 13.3. The van der Waals surface area contributed by atoms with Crippen molar-refractivity contribution < 1.29 is 4.52 Å². The number of hydrogen-bond donors (Lipinski definition) is 0. The molecular formula is C18H12BrNO2. The van der Waals surface area contributed by atoms with Crippen LogP contribution in [0.3, 0.4) is 0 Å². The zero-order valence-corrected chi connectivity index (χ0v) is 13.4. The molecule has 108 valence electrons. The summed E-state index contributed by atoms with van der Waals surface area (Å²) in [5, 5.41) is 2.64. The third-order valence-electron chi connectivity index (χ3n) is 3.90. The monoisotopic (exact) mass is 353 g/mol. The minimum Gasteiger partial charge on any atom is -0.375 e. The van der Waals surface area contributed by atoms with E-state index in [1.54, 1.807) is 7.05 Å². The van der Waals surface area contributed by atoms with E-state index in [0.717, 1.165) is 26.4 Å². The lowest BCUT2D eigenvalue weighted by molar-refractivity contribution is 0.325. The molecule has 0 aliphatic rings. The first-order valence-corrected chi connectivity index (χ1v) is 7.72. The zero-order valence-electron chi connectivity index (χ0n) is 11.8. The van der Waals surface area contributed by atoms with Gasteiger partial charge in [0.1, 0.15) is 0 Å². The summed E-state index contributed by atoms with van der Waals surface area (Å²) in [4.78, 5) is 12.3. The molecule has 0 atom stereocenters. The highest BCUT2D eigenvalue weighted by Crippen LogP contribution is 2.34. The molecule has 0 spiro atoms. The summed E-state index contributed by atoms with van der Waals surface area (Å²) in [5.41, 5.74) is 2.64. The molecule has 0 N–H and O–H groups in total. The van der Waals surface area contributed by atoms with E-state index in [-0.39, 0.29) is 5.56 Å². The Bertz CT molecular complexity index is 1060. The second kappa shape index (κ2) is 4.85. The molecule has 4 rings (SSSR count). The second-order valence-corrected chi connectivity index (χ2v) is 6.16. The van der Waals surface area contributed by atoms with Gasteiger partial charge in [-0.1, -0.05) is 52.3 Å². The Morgan fingerprint density at radius 3 is 2.36 bits per heavy atom. The van der Waals surface area contributed by atoms with Gasteiger partial charge in [-0.3, -0.25) is 4.79 Å². The minimum absolute atomic E-state index is 0.112. The van der Waals surface area contributed by atoms with Crippen LogP contribution in [0.25, 0.3) is 32.9 Å². The van der Waals surface area contributed by atoms with Crippen LogP contribution in [0.15, 0.2) is 68.4 Å². The van der Waals surface area contributed by atoms with Gasteiger partial charge in [0.2, 0.25) is 0 Å². The molecule has 0 aliphatic carbocycles. The molecule has 0 saturated heterocycles. The van der Waals surface area contributed by atoms with E-state index in [9.17, 15) is 4.79 Å². The minimum atomic E-state index is -0.112. The predicted molar refractivity (Wildman–Crippen MR) is 92.1 cm³/mol. The maximum atomic E-state index is 12.3. The van der Waals surface area contributed by atoms with Crippen LogP contribution < -0.4 is 5.56 Å². The van der Waals surface area contributed by atoms with Crippen LogP contribution in [-0.4, -0.2) is 4.74 Å². The van der Waals surface area contributed by atoms with E-state index in [1.807, 2.05) is 48.5 Å². The molecule has 0 aliphatic heterocycles. The number of fused-ring (bicyclic) bond motifs is 3. The van der Waals surface area contributed by atoms with Gasteiger partial charge in [0.25, 0.3) is 5.56 Å². The molecule has 1 heterocycles. The smallest absolute Gasteiger partial charge is 0.290 e. The van der Waals surface area contributed by atoms with E-state index in [1.165, 1.54) is 4.74 Å². The molecule has 22 heavy (non-hydrogen) atoms. The highest BCUT2D eigenvalue weighted by Gasteiger charge is 2.14. The molecule has 1 aromatic heterocycles. The average Bonchev–Trinajstić information content (AvgIpc) is 2.83. The number of benzene rings is 3. The van der Waals surface area contributed by atoms with Gasteiger partial charge in [0, 0.05) is 16.9 Å². The van der Waals surface area contributed by atoms with Crippen LogP contribution in [0.2, 0.25) is 0 Å². The van der Waals surface area contributed by atoms with Gasteiger partial charge in [0.05, 0.1) is 5.39 Å². The van der Waals surface area contributed by atoms with Gasteiger partial charge in [-0.25, -0.2) is 0 Å². The van der Waals surface area contributed by atoms with E-state index in [0.29, 0.717) is 11.0 Å².